The molecular formula is C3H5FO2Si. The number of carbonyl (C=O) groups excluding carboxylic acids is 2. The van der Waals surface area contributed by atoms with Crippen LogP contribution in [0.4, 0.5) is 4.39 Å². The first-order chi connectivity index (χ1) is 3.13. The molecule has 0 rings (SSSR count). The number of hydrogen-bond acceptors (Lipinski definition) is 2. The van der Waals surface area contributed by atoms with Crippen LogP contribution in [0, 0.1) is 0 Å². The Morgan fingerprint density at radius 1 is 1.57 bits per heavy atom. The fourth-order valence-electron chi connectivity index (χ4n) is 0.196. The Bertz CT molecular complexity index is 89.1. The molecule has 7 heavy (non-hydrogen) atoms. The second kappa shape index (κ2) is 2.63. The Balaban J connectivity index is 3.32. The summed E-state index contributed by atoms with van der Waals surface area (Å²) in [7, 11) is 0.267. The molecule has 0 fully saturated rings. The minimum atomic E-state index is -1.53. The van der Waals surface area contributed by atoms with E-state index in [-0.39, 0.29) is 15.6 Å². The van der Waals surface area contributed by atoms with Crippen molar-refractivity contribution in [2.45, 2.75) is 6.42 Å². The standard InChI is InChI=1S/C3H5FO2Si/c4-2(5)1-3(6)7/h1H2,7H3. The van der Waals surface area contributed by atoms with Gasteiger partial charge >= 0.3 is 6.04 Å². The van der Waals surface area contributed by atoms with E-state index in [9.17, 15) is 14.0 Å². The van der Waals surface area contributed by atoms with E-state index in [1.807, 2.05) is 0 Å². The molecule has 40 valence electrons. The SMILES string of the molecule is O=C(F)CC(=O)[SiH3]. The Labute approximate surface area is 43.1 Å². The third kappa shape index (κ3) is 5.49. The molecule has 0 heterocycles. The summed E-state index contributed by atoms with van der Waals surface area (Å²) in [6, 6.07) is -1.53. The third-order valence-electron chi connectivity index (χ3n) is 0.388. The van der Waals surface area contributed by atoms with Crippen LogP contribution in [0.1, 0.15) is 6.42 Å². The molecule has 0 radical (unpaired) electrons. The van der Waals surface area contributed by atoms with Gasteiger partial charge in [0.05, 0.1) is 16.7 Å². The highest BCUT2D eigenvalue weighted by atomic mass is 28.1. The van der Waals surface area contributed by atoms with Crippen molar-refractivity contribution in [3.8, 4) is 0 Å². The molecule has 0 bridgehead atoms. The van der Waals surface area contributed by atoms with Gasteiger partial charge in [0.2, 0.25) is 0 Å². The van der Waals surface area contributed by atoms with Crippen molar-refractivity contribution in [1.29, 1.82) is 0 Å². The van der Waals surface area contributed by atoms with E-state index in [0.717, 1.165) is 0 Å². The first-order valence-corrected chi connectivity index (χ1v) is 2.80. The predicted octanol–water partition coefficient (Wildman–Crippen LogP) is -1.24. The molecule has 0 unspecified atom stereocenters. The van der Waals surface area contributed by atoms with Crippen LogP contribution in [0.15, 0.2) is 0 Å². The molecule has 0 atom stereocenters. The molecule has 0 aromatic heterocycles. The highest BCUT2D eigenvalue weighted by Gasteiger charge is 1.99. The molecule has 0 aliphatic heterocycles. The van der Waals surface area contributed by atoms with E-state index >= 15 is 0 Å². The summed E-state index contributed by atoms with van der Waals surface area (Å²) in [4.78, 5) is 19.2. The summed E-state index contributed by atoms with van der Waals surface area (Å²) < 4.78 is 11.1. The van der Waals surface area contributed by atoms with Gasteiger partial charge in [-0.25, -0.2) is 0 Å². The van der Waals surface area contributed by atoms with E-state index in [1.165, 1.54) is 0 Å². The van der Waals surface area contributed by atoms with Crippen molar-refractivity contribution in [3.05, 3.63) is 0 Å². The molecule has 0 aromatic rings. The maximum Gasteiger partial charge on any atom is 0.308 e. The quantitative estimate of drug-likeness (QED) is 0.259. The second-order valence-corrected chi connectivity index (χ2v) is 2.35. The Hall–Kier alpha value is -0.513. The predicted molar refractivity (Wildman–Crippen MR) is 25.7 cm³/mol. The highest BCUT2D eigenvalue weighted by Crippen LogP contribution is 1.80. The topological polar surface area (TPSA) is 34.1 Å². The Morgan fingerprint density at radius 2 is 2.00 bits per heavy atom. The first-order valence-electron chi connectivity index (χ1n) is 1.80. The van der Waals surface area contributed by atoms with Gasteiger partial charge in [0.15, 0.2) is 0 Å². The Kier molecular flexibility index (Phi) is 2.43. The van der Waals surface area contributed by atoms with Crippen LogP contribution in [0.2, 0.25) is 0 Å². The van der Waals surface area contributed by atoms with Crippen molar-refractivity contribution in [2.24, 2.45) is 0 Å². The number of halogens is 1. The minimum absolute atomic E-state index is 0.267. The van der Waals surface area contributed by atoms with Gasteiger partial charge in [0, 0.05) is 0 Å². The van der Waals surface area contributed by atoms with Crippen LogP contribution in [0.5, 0.6) is 0 Å². The molecule has 0 aromatic carbocycles. The van der Waals surface area contributed by atoms with Crippen LogP contribution >= 0.6 is 0 Å². The molecule has 0 saturated carbocycles. The van der Waals surface area contributed by atoms with E-state index in [0.29, 0.717) is 0 Å². The lowest BCUT2D eigenvalue weighted by Crippen LogP contribution is -2.00. The summed E-state index contributed by atoms with van der Waals surface area (Å²) >= 11 is 0. The van der Waals surface area contributed by atoms with Gasteiger partial charge < -0.3 is 4.79 Å². The smallest absolute Gasteiger partial charge is 0.306 e. The normalized spacial score (nSPS) is 8.71. The first kappa shape index (κ1) is 6.49. The van der Waals surface area contributed by atoms with Crippen LogP contribution in [-0.2, 0) is 9.59 Å². The van der Waals surface area contributed by atoms with Crippen molar-refractivity contribution in [2.75, 3.05) is 0 Å². The molecule has 2 nitrogen and oxygen atoms in total. The largest absolute Gasteiger partial charge is 0.308 e. The molecule has 0 spiro atoms. The maximum absolute atomic E-state index is 11.1. The molecule has 0 saturated heterocycles. The summed E-state index contributed by atoms with van der Waals surface area (Å²) in [6.07, 6.45) is -0.522. The third-order valence-corrected chi connectivity index (χ3v) is 0.741. The lowest BCUT2D eigenvalue weighted by atomic mass is 10.5. The maximum atomic E-state index is 11.1. The van der Waals surface area contributed by atoms with Gasteiger partial charge in [-0.15, -0.1) is 0 Å². The van der Waals surface area contributed by atoms with E-state index in [4.69, 9.17) is 0 Å². The van der Waals surface area contributed by atoms with E-state index in [1.54, 1.807) is 0 Å². The van der Waals surface area contributed by atoms with Crippen LogP contribution < -0.4 is 0 Å². The molecular weight excluding hydrogens is 115 g/mol. The van der Waals surface area contributed by atoms with Gasteiger partial charge in [-0.05, 0) is 0 Å². The summed E-state index contributed by atoms with van der Waals surface area (Å²) in [5.41, 5.74) is 0. The average molecular weight is 120 g/mol. The zero-order chi connectivity index (χ0) is 5.86. The number of hydrogen-bond donors (Lipinski definition) is 0. The minimum Gasteiger partial charge on any atom is -0.306 e. The zero-order valence-electron chi connectivity index (χ0n) is 3.90. The van der Waals surface area contributed by atoms with Gasteiger partial charge in [-0.1, -0.05) is 0 Å². The average Bonchev–Trinajstić information content (AvgIpc) is 1.27. The molecule has 0 aliphatic carbocycles. The van der Waals surface area contributed by atoms with Crippen LogP contribution in [-0.4, -0.2) is 21.7 Å². The number of rotatable bonds is 2. The van der Waals surface area contributed by atoms with Crippen molar-refractivity contribution in [3.63, 3.8) is 0 Å². The monoisotopic (exact) mass is 120 g/mol. The lowest BCUT2D eigenvalue weighted by molar-refractivity contribution is -0.131. The van der Waals surface area contributed by atoms with Crippen LogP contribution in [0.3, 0.4) is 0 Å². The van der Waals surface area contributed by atoms with Crippen molar-refractivity contribution >= 4 is 21.7 Å². The number of carbonyl (C=O) groups is 2. The van der Waals surface area contributed by atoms with Gasteiger partial charge in [-0.2, -0.15) is 4.39 Å². The summed E-state index contributed by atoms with van der Waals surface area (Å²) in [5.74, 6) is 0. The Morgan fingerprint density at radius 3 is 2.00 bits per heavy atom. The van der Waals surface area contributed by atoms with Crippen LogP contribution in [0.25, 0.3) is 0 Å². The fraction of sp³-hybridized carbons (Fsp3) is 0.333. The fourth-order valence-corrected chi connectivity index (χ4v) is 0.474. The van der Waals surface area contributed by atoms with Crippen molar-refractivity contribution in [1.82, 2.24) is 0 Å². The summed E-state index contributed by atoms with van der Waals surface area (Å²) in [5, 5.41) is -0.299. The summed E-state index contributed by atoms with van der Waals surface area (Å²) in [6.45, 7) is 0. The highest BCUT2D eigenvalue weighted by molar-refractivity contribution is 6.59. The molecule has 0 aliphatic rings. The second-order valence-electron chi connectivity index (χ2n) is 1.23. The molecule has 0 amide bonds. The van der Waals surface area contributed by atoms with E-state index < -0.39 is 12.5 Å². The lowest BCUT2D eigenvalue weighted by Gasteiger charge is -1.78. The molecule has 4 heteroatoms. The van der Waals surface area contributed by atoms with Gasteiger partial charge in [0.1, 0.15) is 5.41 Å². The molecule has 0 N–H and O–H groups in total. The van der Waals surface area contributed by atoms with Gasteiger partial charge in [0.25, 0.3) is 0 Å². The van der Waals surface area contributed by atoms with Crippen molar-refractivity contribution < 1.29 is 14.0 Å². The van der Waals surface area contributed by atoms with Gasteiger partial charge in [-0.3, -0.25) is 4.79 Å². The van der Waals surface area contributed by atoms with E-state index in [2.05, 4.69) is 0 Å². The zero-order valence-corrected chi connectivity index (χ0v) is 5.90.